The number of hydrogen-bond acceptors (Lipinski definition) is 2. The van der Waals surface area contributed by atoms with Crippen molar-refractivity contribution in [3.05, 3.63) is 82.4 Å². The zero-order chi connectivity index (χ0) is 24.2. The number of piperidine rings is 1. The second-order valence-electron chi connectivity index (χ2n) is 9.62. The predicted molar refractivity (Wildman–Crippen MR) is 138 cm³/mol. The van der Waals surface area contributed by atoms with Crippen molar-refractivity contribution in [3.63, 3.8) is 0 Å². The van der Waals surface area contributed by atoms with Gasteiger partial charge in [-0.15, -0.1) is 6.58 Å². The molecule has 178 valence electrons. The lowest BCUT2D eigenvalue weighted by molar-refractivity contribution is -0.155. The van der Waals surface area contributed by atoms with Crippen LogP contribution in [0.15, 0.2) is 61.2 Å². The Hall–Kier alpha value is -1.81. The van der Waals surface area contributed by atoms with E-state index in [1.807, 2.05) is 48.5 Å². The van der Waals surface area contributed by atoms with Gasteiger partial charge in [-0.1, -0.05) is 67.4 Å². The summed E-state index contributed by atoms with van der Waals surface area (Å²) in [6, 6.07) is 15.7. The Balaban J connectivity index is 2.19. The number of aliphatic hydroxyl groups is 1. The van der Waals surface area contributed by atoms with Gasteiger partial charge in [0.1, 0.15) is 0 Å². The molecule has 1 saturated heterocycles. The molecule has 2 aromatic rings. The minimum atomic E-state index is -0.560. The van der Waals surface area contributed by atoms with Crippen molar-refractivity contribution in [2.24, 2.45) is 5.41 Å². The first-order chi connectivity index (χ1) is 15.7. The van der Waals surface area contributed by atoms with Crippen LogP contribution in [-0.2, 0) is 4.79 Å². The Bertz CT molecular complexity index is 959. The molecule has 0 spiro atoms. The highest BCUT2D eigenvalue weighted by Crippen LogP contribution is 2.52. The van der Waals surface area contributed by atoms with E-state index in [2.05, 4.69) is 31.4 Å². The molecule has 3 rings (SSSR count). The normalized spacial score (nSPS) is 25.0. The van der Waals surface area contributed by atoms with Crippen LogP contribution < -0.4 is 0 Å². The van der Waals surface area contributed by atoms with Crippen molar-refractivity contribution in [1.82, 2.24) is 4.90 Å². The quantitative estimate of drug-likeness (QED) is 0.370. The van der Waals surface area contributed by atoms with Gasteiger partial charge < -0.3 is 10.0 Å². The van der Waals surface area contributed by atoms with E-state index in [0.717, 1.165) is 24.0 Å². The summed E-state index contributed by atoms with van der Waals surface area (Å²) in [4.78, 5) is 16.2. The van der Waals surface area contributed by atoms with Crippen molar-refractivity contribution in [1.29, 1.82) is 0 Å². The number of carbonyl (C=O) groups excluding carboxylic acids is 1. The maximum absolute atomic E-state index is 14.1. The third-order valence-electron chi connectivity index (χ3n) is 6.97. The summed E-state index contributed by atoms with van der Waals surface area (Å²) < 4.78 is 0. The van der Waals surface area contributed by atoms with Crippen LogP contribution in [0.3, 0.4) is 0 Å². The fourth-order valence-corrected chi connectivity index (χ4v) is 5.59. The molecule has 1 amide bonds. The molecule has 3 nitrogen and oxygen atoms in total. The van der Waals surface area contributed by atoms with Crippen LogP contribution in [0.4, 0.5) is 0 Å². The van der Waals surface area contributed by atoms with Gasteiger partial charge in [0.05, 0.1) is 17.6 Å². The van der Waals surface area contributed by atoms with Crippen LogP contribution in [-0.4, -0.2) is 28.1 Å². The first-order valence-corrected chi connectivity index (χ1v) is 12.6. The summed E-state index contributed by atoms with van der Waals surface area (Å²) in [5.74, 6) is 0.214. The molecule has 5 heteroatoms. The molecule has 1 aliphatic rings. The standard InChI is InChI=1S/C28H35Cl2NO2/c1-5-16-28(4)18-25(21-8-7-9-23(30)17-21)26(20-11-13-22(29)14-12-20)31(27(28)33)24(6-2)15-10-19(3)32/h5,7-9,11-14,17,19,24-26,32H,1,6,10,15-16,18H2,2-4H3/t19?,24-,25+,26?,28-/m0/s1. The van der Waals surface area contributed by atoms with Crippen LogP contribution in [0.5, 0.6) is 0 Å². The predicted octanol–water partition coefficient (Wildman–Crippen LogP) is 7.57. The van der Waals surface area contributed by atoms with Gasteiger partial charge in [0.15, 0.2) is 0 Å². The highest BCUT2D eigenvalue weighted by atomic mass is 35.5. The maximum Gasteiger partial charge on any atom is 0.229 e. The Morgan fingerprint density at radius 1 is 1.15 bits per heavy atom. The van der Waals surface area contributed by atoms with Crippen LogP contribution in [0.2, 0.25) is 10.0 Å². The van der Waals surface area contributed by atoms with Crippen molar-refractivity contribution in [3.8, 4) is 0 Å². The zero-order valence-corrected chi connectivity index (χ0v) is 21.3. The van der Waals surface area contributed by atoms with Crippen LogP contribution in [0, 0.1) is 5.41 Å². The van der Waals surface area contributed by atoms with Crippen LogP contribution in [0.1, 0.15) is 76.0 Å². The second kappa shape index (κ2) is 11.1. The molecule has 0 aliphatic carbocycles. The molecular formula is C28H35Cl2NO2. The van der Waals surface area contributed by atoms with Crippen LogP contribution in [0.25, 0.3) is 0 Å². The molecule has 2 unspecified atom stereocenters. The van der Waals surface area contributed by atoms with E-state index in [1.165, 1.54) is 0 Å². The van der Waals surface area contributed by atoms with Gasteiger partial charge >= 0.3 is 0 Å². The second-order valence-corrected chi connectivity index (χ2v) is 10.5. The third-order valence-corrected chi connectivity index (χ3v) is 7.45. The van der Waals surface area contributed by atoms with Gasteiger partial charge in [-0.2, -0.15) is 0 Å². The molecule has 33 heavy (non-hydrogen) atoms. The van der Waals surface area contributed by atoms with E-state index in [9.17, 15) is 9.90 Å². The number of nitrogens with zero attached hydrogens (tertiary/aromatic N) is 1. The van der Waals surface area contributed by atoms with Gasteiger partial charge in [0.25, 0.3) is 0 Å². The summed E-state index contributed by atoms with van der Waals surface area (Å²) in [6.45, 7) is 9.92. The zero-order valence-electron chi connectivity index (χ0n) is 19.8. The summed E-state index contributed by atoms with van der Waals surface area (Å²) in [5.41, 5.74) is 1.63. The van der Waals surface area contributed by atoms with E-state index in [-0.39, 0.29) is 23.9 Å². The fraction of sp³-hybridized carbons (Fsp3) is 0.464. The lowest BCUT2D eigenvalue weighted by Crippen LogP contribution is -2.55. The number of carbonyl (C=O) groups is 1. The number of allylic oxidation sites excluding steroid dienone is 1. The highest BCUT2D eigenvalue weighted by molar-refractivity contribution is 6.30. The van der Waals surface area contributed by atoms with Crippen molar-refractivity contribution in [2.45, 2.75) is 77.0 Å². The van der Waals surface area contributed by atoms with Crippen LogP contribution >= 0.6 is 23.2 Å². The monoisotopic (exact) mass is 487 g/mol. The summed E-state index contributed by atoms with van der Waals surface area (Å²) in [6.07, 6.45) is 4.97. The Morgan fingerprint density at radius 3 is 2.42 bits per heavy atom. The SMILES string of the molecule is C=CC[C@@]1(C)C[C@H](c2cccc(Cl)c2)C(c2ccc(Cl)cc2)N([C@@H](CC)CCC(C)O)C1=O. The maximum atomic E-state index is 14.1. The molecule has 1 N–H and O–H groups in total. The van der Waals surface area contributed by atoms with Gasteiger partial charge in [-0.25, -0.2) is 0 Å². The Morgan fingerprint density at radius 2 is 1.85 bits per heavy atom. The van der Waals surface area contributed by atoms with Crippen molar-refractivity contribution < 1.29 is 9.90 Å². The van der Waals surface area contributed by atoms with Gasteiger partial charge in [-0.05, 0) is 74.4 Å². The lowest BCUT2D eigenvalue weighted by atomic mass is 9.67. The van der Waals surface area contributed by atoms with Gasteiger partial charge in [0.2, 0.25) is 5.91 Å². The first kappa shape index (κ1) is 25.8. The molecular weight excluding hydrogens is 453 g/mol. The molecule has 1 aliphatic heterocycles. The summed E-state index contributed by atoms with van der Waals surface area (Å²) >= 11 is 12.6. The third kappa shape index (κ3) is 5.82. The topological polar surface area (TPSA) is 40.5 Å². The molecule has 0 radical (unpaired) electrons. The van der Waals surface area contributed by atoms with Crippen molar-refractivity contribution in [2.75, 3.05) is 0 Å². The van der Waals surface area contributed by atoms with Crippen molar-refractivity contribution >= 4 is 29.1 Å². The fourth-order valence-electron chi connectivity index (χ4n) is 5.26. The molecule has 1 heterocycles. The average molecular weight is 488 g/mol. The lowest BCUT2D eigenvalue weighted by Gasteiger charge is -2.52. The molecule has 2 aromatic carbocycles. The van der Waals surface area contributed by atoms with E-state index < -0.39 is 11.5 Å². The number of hydrogen-bond donors (Lipinski definition) is 1. The number of likely N-dealkylation sites (tertiary alicyclic amines) is 1. The van der Waals surface area contributed by atoms with Gasteiger partial charge in [-0.3, -0.25) is 4.79 Å². The molecule has 1 fully saturated rings. The van der Waals surface area contributed by atoms with Gasteiger partial charge in [0, 0.05) is 22.0 Å². The molecule has 0 aromatic heterocycles. The number of halogens is 2. The minimum absolute atomic E-state index is 0.0129. The van der Waals surface area contributed by atoms with E-state index in [0.29, 0.717) is 29.3 Å². The van der Waals surface area contributed by atoms with E-state index >= 15 is 0 Å². The molecule has 0 bridgehead atoms. The van der Waals surface area contributed by atoms with E-state index in [4.69, 9.17) is 23.2 Å². The highest BCUT2D eigenvalue weighted by Gasteiger charge is 2.50. The Kier molecular flexibility index (Phi) is 8.66. The number of rotatable bonds is 9. The first-order valence-electron chi connectivity index (χ1n) is 11.8. The Labute approximate surface area is 208 Å². The number of benzene rings is 2. The minimum Gasteiger partial charge on any atom is -0.393 e. The molecule has 5 atom stereocenters. The van der Waals surface area contributed by atoms with E-state index in [1.54, 1.807) is 6.92 Å². The average Bonchev–Trinajstić information content (AvgIpc) is 2.77. The largest absolute Gasteiger partial charge is 0.393 e. The number of aliphatic hydroxyl groups excluding tert-OH is 1. The summed E-state index contributed by atoms with van der Waals surface area (Å²) in [7, 11) is 0. The summed E-state index contributed by atoms with van der Waals surface area (Å²) in [5, 5.41) is 11.3. The smallest absolute Gasteiger partial charge is 0.229 e. The molecule has 0 saturated carbocycles. The number of amides is 1.